The van der Waals surface area contributed by atoms with Crippen molar-refractivity contribution in [1.82, 2.24) is 10.2 Å². The van der Waals surface area contributed by atoms with E-state index in [1.54, 1.807) is 6.20 Å². The van der Waals surface area contributed by atoms with Crippen molar-refractivity contribution in [3.63, 3.8) is 0 Å². The third kappa shape index (κ3) is 5.34. The fourth-order valence-corrected chi connectivity index (χ4v) is 3.54. The van der Waals surface area contributed by atoms with Crippen LogP contribution in [0.25, 0.3) is 5.70 Å². The van der Waals surface area contributed by atoms with Crippen molar-refractivity contribution in [2.45, 2.75) is 40.5 Å². The third-order valence-corrected chi connectivity index (χ3v) is 4.86. The quantitative estimate of drug-likeness (QED) is 0.613. The molecule has 1 heterocycles. The highest BCUT2D eigenvalue weighted by Crippen LogP contribution is 2.27. The SMILES string of the molecule is C=N/C(C)=C1/C(N)=NC=CN1CCc1ccc(F)c(C(=C)NCC)c1CC(C)C. The first-order valence-electron chi connectivity index (χ1n) is 9.98. The van der Waals surface area contributed by atoms with E-state index in [1.807, 2.05) is 31.0 Å². The highest BCUT2D eigenvalue weighted by Gasteiger charge is 2.20. The molecule has 1 aliphatic heterocycles. The molecular weight excluding hydrogens is 365 g/mol. The third-order valence-electron chi connectivity index (χ3n) is 4.86. The number of nitrogens with two attached hydrogens (primary N) is 1. The molecule has 0 aromatic heterocycles. The topological polar surface area (TPSA) is 66.0 Å². The molecule has 1 aromatic rings. The summed E-state index contributed by atoms with van der Waals surface area (Å²) in [7, 11) is 0. The monoisotopic (exact) mass is 397 g/mol. The number of aliphatic imine (C=N–C) groups is 2. The van der Waals surface area contributed by atoms with Crippen LogP contribution >= 0.6 is 0 Å². The summed E-state index contributed by atoms with van der Waals surface area (Å²) in [6.07, 6.45) is 5.06. The van der Waals surface area contributed by atoms with E-state index in [4.69, 9.17) is 5.73 Å². The second kappa shape index (κ2) is 10.0. The summed E-state index contributed by atoms with van der Waals surface area (Å²) < 4.78 is 14.7. The number of rotatable bonds is 9. The molecule has 0 aliphatic carbocycles. The first-order valence-corrected chi connectivity index (χ1v) is 9.98. The molecule has 0 atom stereocenters. The maximum atomic E-state index is 14.7. The van der Waals surface area contributed by atoms with Crippen molar-refractivity contribution in [1.29, 1.82) is 0 Å². The molecule has 0 amide bonds. The van der Waals surface area contributed by atoms with Crippen LogP contribution in [0.4, 0.5) is 4.39 Å². The molecule has 0 saturated heterocycles. The lowest BCUT2D eigenvalue weighted by atomic mass is 9.90. The van der Waals surface area contributed by atoms with Crippen molar-refractivity contribution < 1.29 is 4.39 Å². The Bertz CT molecular complexity index is 864. The predicted molar refractivity (Wildman–Crippen MR) is 121 cm³/mol. The molecule has 0 unspecified atom stereocenters. The van der Waals surface area contributed by atoms with Crippen LogP contribution in [-0.4, -0.2) is 30.5 Å². The Balaban J connectivity index is 2.38. The molecule has 156 valence electrons. The van der Waals surface area contributed by atoms with Gasteiger partial charge in [0.25, 0.3) is 0 Å². The highest BCUT2D eigenvalue weighted by molar-refractivity contribution is 5.98. The fraction of sp³-hybridized carbons (Fsp3) is 0.391. The van der Waals surface area contributed by atoms with Crippen molar-refractivity contribution in [2.24, 2.45) is 21.6 Å². The zero-order valence-electron chi connectivity index (χ0n) is 17.9. The molecule has 29 heavy (non-hydrogen) atoms. The normalized spacial score (nSPS) is 15.4. The Labute approximate surface area is 173 Å². The van der Waals surface area contributed by atoms with E-state index < -0.39 is 0 Å². The van der Waals surface area contributed by atoms with E-state index >= 15 is 0 Å². The van der Waals surface area contributed by atoms with E-state index in [-0.39, 0.29) is 5.82 Å². The maximum absolute atomic E-state index is 14.7. The molecule has 0 spiro atoms. The highest BCUT2D eigenvalue weighted by atomic mass is 19.1. The van der Waals surface area contributed by atoms with Gasteiger partial charge in [-0.3, -0.25) is 4.99 Å². The van der Waals surface area contributed by atoms with Gasteiger partial charge in [0.1, 0.15) is 17.3 Å². The van der Waals surface area contributed by atoms with E-state index in [0.29, 0.717) is 36.1 Å². The summed E-state index contributed by atoms with van der Waals surface area (Å²) >= 11 is 0. The average Bonchev–Trinajstić information content (AvgIpc) is 2.66. The second-order valence-electron chi connectivity index (χ2n) is 7.51. The molecule has 0 saturated carbocycles. The number of hydrogen-bond acceptors (Lipinski definition) is 5. The van der Waals surface area contributed by atoms with Gasteiger partial charge in [-0.05, 0) is 56.5 Å². The van der Waals surface area contributed by atoms with Crippen molar-refractivity contribution in [3.8, 4) is 0 Å². The number of hydrogen-bond donors (Lipinski definition) is 2. The minimum Gasteiger partial charge on any atom is -0.385 e. The van der Waals surface area contributed by atoms with Crippen LogP contribution in [0.1, 0.15) is 44.4 Å². The molecule has 0 radical (unpaired) electrons. The molecule has 0 bridgehead atoms. The first kappa shape index (κ1) is 22.4. The second-order valence-corrected chi connectivity index (χ2v) is 7.51. The smallest absolute Gasteiger partial charge is 0.149 e. The zero-order valence-corrected chi connectivity index (χ0v) is 17.9. The van der Waals surface area contributed by atoms with Crippen molar-refractivity contribution in [2.75, 3.05) is 13.1 Å². The summed E-state index contributed by atoms with van der Waals surface area (Å²) in [6, 6.07) is 3.41. The van der Waals surface area contributed by atoms with E-state index in [1.165, 1.54) is 6.07 Å². The Morgan fingerprint density at radius 3 is 2.72 bits per heavy atom. The number of benzene rings is 1. The maximum Gasteiger partial charge on any atom is 0.149 e. The van der Waals surface area contributed by atoms with Crippen molar-refractivity contribution >= 4 is 18.3 Å². The molecule has 1 aliphatic rings. The van der Waals surface area contributed by atoms with Gasteiger partial charge >= 0.3 is 0 Å². The van der Waals surface area contributed by atoms with Gasteiger partial charge in [-0.15, -0.1) is 0 Å². The van der Waals surface area contributed by atoms with Gasteiger partial charge in [-0.2, -0.15) is 0 Å². The van der Waals surface area contributed by atoms with Gasteiger partial charge in [-0.1, -0.05) is 26.5 Å². The lowest BCUT2D eigenvalue weighted by Gasteiger charge is -2.27. The number of allylic oxidation sites excluding steroid dienone is 1. The van der Waals surface area contributed by atoms with Gasteiger partial charge < -0.3 is 16.0 Å². The lowest BCUT2D eigenvalue weighted by Crippen LogP contribution is -2.32. The Hall–Kier alpha value is -2.89. The average molecular weight is 398 g/mol. The summed E-state index contributed by atoms with van der Waals surface area (Å²) in [5.41, 5.74) is 10.9. The Morgan fingerprint density at radius 1 is 1.38 bits per heavy atom. The lowest BCUT2D eigenvalue weighted by molar-refractivity contribution is 0.476. The summed E-state index contributed by atoms with van der Waals surface area (Å²) in [6.45, 7) is 17.1. The molecule has 5 nitrogen and oxygen atoms in total. The van der Waals surface area contributed by atoms with E-state index in [2.05, 4.69) is 42.4 Å². The van der Waals surface area contributed by atoms with Crippen molar-refractivity contribution in [3.05, 3.63) is 65.0 Å². The van der Waals surface area contributed by atoms with Crippen LogP contribution in [0.3, 0.4) is 0 Å². The Morgan fingerprint density at radius 2 is 2.10 bits per heavy atom. The van der Waals surface area contributed by atoms with Gasteiger partial charge in [0.05, 0.1) is 5.70 Å². The number of halogens is 1. The van der Waals surface area contributed by atoms with Gasteiger partial charge in [0, 0.05) is 36.7 Å². The first-order chi connectivity index (χ1) is 13.8. The molecular formula is C23H32FN5. The molecule has 1 aromatic carbocycles. The zero-order chi connectivity index (χ0) is 21.6. The largest absolute Gasteiger partial charge is 0.385 e. The van der Waals surface area contributed by atoms with Crippen LogP contribution in [0.15, 0.2) is 52.5 Å². The van der Waals surface area contributed by atoms with Crippen LogP contribution in [0.5, 0.6) is 0 Å². The minimum atomic E-state index is -0.239. The predicted octanol–water partition coefficient (Wildman–Crippen LogP) is 4.22. The summed E-state index contributed by atoms with van der Waals surface area (Å²) in [4.78, 5) is 10.2. The number of amidine groups is 1. The number of nitrogens with one attached hydrogen (secondary N) is 1. The van der Waals surface area contributed by atoms with E-state index in [9.17, 15) is 4.39 Å². The molecule has 6 heteroatoms. The number of nitrogens with zero attached hydrogens (tertiary/aromatic N) is 3. The van der Waals surface area contributed by atoms with Crippen LogP contribution in [-0.2, 0) is 12.8 Å². The fourth-order valence-electron chi connectivity index (χ4n) is 3.54. The van der Waals surface area contributed by atoms with Gasteiger partial charge in [0.15, 0.2) is 0 Å². The molecule has 3 N–H and O–H groups in total. The van der Waals surface area contributed by atoms with Crippen LogP contribution in [0.2, 0.25) is 0 Å². The summed E-state index contributed by atoms with van der Waals surface area (Å²) in [5.74, 6) is 0.570. The Kier molecular flexibility index (Phi) is 7.76. The van der Waals surface area contributed by atoms with Gasteiger partial charge in [-0.25, -0.2) is 9.38 Å². The summed E-state index contributed by atoms with van der Waals surface area (Å²) in [5, 5.41) is 3.17. The molecule has 2 rings (SSSR count). The van der Waals surface area contributed by atoms with Gasteiger partial charge in [0.2, 0.25) is 0 Å². The van der Waals surface area contributed by atoms with E-state index in [0.717, 1.165) is 35.4 Å². The standard InChI is InChI=1S/C23H32FN5/c1-7-27-16(4)21-19(14-15(2)3)18(8-9-20(21)24)10-12-29-13-11-28-23(25)22(29)17(5)26-6/h8-9,11,13,15,27H,4,6-7,10,12,14H2,1-3,5H3,(H2,25,28)/b22-17-. The van der Waals surface area contributed by atoms with Crippen LogP contribution in [0, 0.1) is 11.7 Å². The minimum absolute atomic E-state index is 0.239. The van der Waals surface area contributed by atoms with Crippen LogP contribution < -0.4 is 11.1 Å². The molecule has 0 fully saturated rings.